The number of nitrogens with one attached hydrogen (secondary N) is 1. The molecule has 0 fully saturated rings. The summed E-state index contributed by atoms with van der Waals surface area (Å²) in [6.07, 6.45) is 0.732. The maximum atomic E-state index is 14.1. The number of benzene rings is 2. The van der Waals surface area contributed by atoms with Crippen LogP contribution in [-0.4, -0.2) is 20.6 Å². The summed E-state index contributed by atoms with van der Waals surface area (Å²) in [4.78, 5) is 11.7. The van der Waals surface area contributed by atoms with E-state index in [1.165, 1.54) is 0 Å². The normalized spacial score (nSPS) is 11.2. The molecule has 1 amide bonds. The molecule has 0 saturated carbocycles. The first-order chi connectivity index (χ1) is 11.6. The molecule has 2 aromatic carbocycles. The molecule has 134 valence electrons. The Morgan fingerprint density at radius 3 is 2.48 bits per heavy atom. The van der Waals surface area contributed by atoms with E-state index in [0.29, 0.717) is 16.8 Å². The van der Waals surface area contributed by atoms with E-state index in [0.717, 1.165) is 17.9 Å². The van der Waals surface area contributed by atoms with Gasteiger partial charge in [0.15, 0.2) is 0 Å². The third-order valence-corrected chi connectivity index (χ3v) is 4.16. The number of halogens is 3. The van der Waals surface area contributed by atoms with Crippen LogP contribution in [0.2, 0.25) is 5.02 Å². The van der Waals surface area contributed by atoms with E-state index in [1.54, 1.807) is 29.8 Å². The minimum atomic E-state index is -3.89. The second kappa shape index (κ2) is 7.37. The van der Waals surface area contributed by atoms with Crippen molar-refractivity contribution in [3.8, 4) is 5.75 Å². The van der Waals surface area contributed by atoms with Gasteiger partial charge in [0, 0.05) is 10.6 Å². The smallest absolute Gasteiger partial charge is 0.267 e. The summed E-state index contributed by atoms with van der Waals surface area (Å²) >= 11 is 5.89. The van der Waals surface area contributed by atoms with Gasteiger partial charge in [-0.3, -0.25) is 4.79 Å². The first kappa shape index (κ1) is 19.1. The van der Waals surface area contributed by atoms with E-state index in [1.807, 2.05) is 0 Å². The number of carbonyl (C=O) groups excluding carboxylic acids is 1. The fraction of sp³-hybridized carbons (Fsp3) is 0.188. The molecule has 25 heavy (non-hydrogen) atoms. The van der Waals surface area contributed by atoms with Crippen molar-refractivity contribution in [2.24, 2.45) is 0 Å². The Balaban J connectivity index is 2.19. The monoisotopic (exact) mass is 389 g/mol. The van der Waals surface area contributed by atoms with E-state index in [9.17, 15) is 22.0 Å². The van der Waals surface area contributed by atoms with Crippen LogP contribution >= 0.6 is 11.6 Å². The molecule has 2 aromatic rings. The minimum absolute atomic E-state index is 0.124. The van der Waals surface area contributed by atoms with Gasteiger partial charge in [-0.2, -0.15) is 0 Å². The third kappa shape index (κ3) is 5.14. The van der Waals surface area contributed by atoms with Gasteiger partial charge in [0.2, 0.25) is 10.0 Å². The lowest BCUT2D eigenvalue weighted by Crippen LogP contribution is -2.30. The molecule has 0 aliphatic carbocycles. The third-order valence-electron chi connectivity index (χ3n) is 3.18. The lowest BCUT2D eigenvalue weighted by molar-refractivity contribution is 0.0977. The number of amides is 1. The Kier molecular flexibility index (Phi) is 5.64. The quantitative estimate of drug-likeness (QED) is 0.852. The van der Waals surface area contributed by atoms with Crippen LogP contribution in [0, 0.1) is 18.6 Å². The second-order valence-electron chi connectivity index (χ2n) is 5.33. The molecule has 0 atom stereocenters. The summed E-state index contributed by atoms with van der Waals surface area (Å²) in [6.45, 7) is 1.49. The summed E-state index contributed by atoms with van der Waals surface area (Å²) in [7, 11) is -3.89. The maximum Gasteiger partial charge on any atom is 0.267 e. The Morgan fingerprint density at radius 2 is 1.88 bits per heavy atom. The highest BCUT2D eigenvalue weighted by Crippen LogP contribution is 2.23. The molecule has 2 rings (SSSR count). The molecular formula is C16H14ClF2NO4S. The average molecular weight is 390 g/mol. The fourth-order valence-corrected chi connectivity index (χ4v) is 2.53. The number of hydrogen-bond donors (Lipinski definition) is 1. The van der Waals surface area contributed by atoms with E-state index in [-0.39, 0.29) is 12.2 Å². The van der Waals surface area contributed by atoms with Gasteiger partial charge in [-0.05, 0) is 42.8 Å². The van der Waals surface area contributed by atoms with E-state index in [4.69, 9.17) is 16.3 Å². The minimum Gasteiger partial charge on any atom is -0.489 e. The van der Waals surface area contributed by atoms with Crippen molar-refractivity contribution in [1.82, 2.24) is 4.72 Å². The first-order valence-electron chi connectivity index (χ1n) is 6.96. The van der Waals surface area contributed by atoms with Gasteiger partial charge in [0.25, 0.3) is 5.91 Å². The summed E-state index contributed by atoms with van der Waals surface area (Å²) in [5.74, 6) is -2.79. The van der Waals surface area contributed by atoms with Crippen molar-refractivity contribution in [1.29, 1.82) is 0 Å². The van der Waals surface area contributed by atoms with Crippen molar-refractivity contribution in [3.05, 3.63) is 63.7 Å². The number of rotatable bonds is 5. The van der Waals surface area contributed by atoms with Gasteiger partial charge in [0.05, 0.1) is 11.8 Å². The van der Waals surface area contributed by atoms with Crippen LogP contribution in [-0.2, 0) is 16.6 Å². The molecule has 0 spiro atoms. The van der Waals surface area contributed by atoms with Crippen LogP contribution in [0.5, 0.6) is 5.75 Å². The Bertz CT molecular complexity index is 932. The molecule has 0 aliphatic heterocycles. The van der Waals surface area contributed by atoms with Crippen molar-refractivity contribution >= 4 is 27.5 Å². The zero-order valence-corrected chi connectivity index (χ0v) is 14.8. The number of ether oxygens (including phenoxy) is 1. The molecule has 0 bridgehead atoms. The highest BCUT2D eigenvalue weighted by molar-refractivity contribution is 7.89. The molecule has 1 N–H and O–H groups in total. The van der Waals surface area contributed by atoms with Gasteiger partial charge in [-0.25, -0.2) is 21.9 Å². The Hall–Kier alpha value is -2.19. The standard InChI is InChI=1S/C16H14ClF2NO4S/c1-9-5-11(3-4-13(9)17)24-8-10-6-15(19)12(7-14(10)18)16(21)20-25(2,22)23/h3-7H,8H2,1-2H3,(H,20,21). The van der Waals surface area contributed by atoms with Crippen LogP contribution in [0.25, 0.3) is 0 Å². The van der Waals surface area contributed by atoms with Crippen LogP contribution in [0.15, 0.2) is 30.3 Å². The van der Waals surface area contributed by atoms with Crippen molar-refractivity contribution in [2.75, 3.05) is 6.26 Å². The molecule has 0 aromatic heterocycles. The van der Waals surface area contributed by atoms with Crippen molar-refractivity contribution in [3.63, 3.8) is 0 Å². The lowest BCUT2D eigenvalue weighted by atomic mass is 10.1. The van der Waals surface area contributed by atoms with Crippen LogP contribution in [0.1, 0.15) is 21.5 Å². The van der Waals surface area contributed by atoms with Gasteiger partial charge in [0.1, 0.15) is 24.0 Å². The van der Waals surface area contributed by atoms with Gasteiger partial charge < -0.3 is 4.74 Å². The Labute approximate surface area is 148 Å². The summed E-state index contributed by atoms with van der Waals surface area (Å²) in [5, 5.41) is 0.547. The van der Waals surface area contributed by atoms with E-state index in [2.05, 4.69) is 0 Å². The van der Waals surface area contributed by atoms with Crippen LogP contribution in [0.4, 0.5) is 8.78 Å². The molecule has 0 heterocycles. The topological polar surface area (TPSA) is 72.5 Å². The van der Waals surface area contributed by atoms with Crippen LogP contribution in [0.3, 0.4) is 0 Å². The second-order valence-corrected chi connectivity index (χ2v) is 7.48. The lowest BCUT2D eigenvalue weighted by Gasteiger charge is -2.10. The maximum absolute atomic E-state index is 14.1. The number of hydrogen-bond acceptors (Lipinski definition) is 4. The van der Waals surface area contributed by atoms with Gasteiger partial charge in [-0.1, -0.05) is 11.6 Å². The first-order valence-corrected chi connectivity index (χ1v) is 9.23. The number of sulfonamides is 1. The van der Waals surface area contributed by atoms with Crippen LogP contribution < -0.4 is 9.46 Å². The van der Waals surface area contributed by atoms with E-state index < -0.39 is 33.1 Å². The van der Waals surface area contributed by atoms with Crippen molar-refractivity contribution < 1.29 is 26.7 Å². The predicted molar refractivity (Wildman–Crippen MR) is 89.2 cm³/mol. The highest BCUT2D eigenvalue weighted by Gasteiger charge is 2.19. The molecule has 0 aliphatic rings. The predicted octanol–water partition coefficient (Wildman–Crippen LogP) is 3.20. The van der Waals surface area contributed by atoms with E-state index >= 15 is 0 Å². The zero-order valence-electron chi connectivity index (χ0n) is 13.3. The largest absolute Gasteiger partial charge is 0.489 e. The summed E-state index contributed by atoms with van der Waals surface area (Å²) in [5.41, 5.74) is -0.0753. The number of carbonyl (C=O) groups is 1. The SMILES string of the molecule is Cc1cc(OCc2cc(F)c(C(=O)NS(C)(=O)=O)cc2F)ccc1Cl. The molecule has 9 heteroatoms. The summed E-state index contributed by atoms with van der Waals surface area (Å²) in [6, 6.07) is 6.25. The average Bonchev–Trinajstić information content (AvgIpc) is 2.49. The zero-order chi connectivity index (χ0) is 18.8. The molecule has 0 unspecified atom stereocenters. The summed E-state index contributed by atoms with van der Waals surface area (Å²) < 4.78 is 57.1. The highest BCUT2D eigenvalue weighted by atomic mass is 35.5. The molecule has 5 nitrogen and oxygen atoms in total. The molecular weight excluding hydrogens is 376 g/mol. The molecule has 0 saturated heterocycles. The van der Waals surface area contributed by atoms with Crippen molar-refractivity contribution in [2.45, 2.75) is 13.5 Å². The Morgan fingerprint density at radius 1 is 1.20 bits per heavy atom. The fourth-order valence-electron chi connectivity index (χ4n) is 1.96. The van der Waals surface area contributed by atoms with Gasteiger partial charge >= 0.3 is 0 Å². The van der Waals surface area contributed by atoms with Gasteiger partial charge in [-0.15, -0.1) is 0 Å². The molecule has 0 radical (unpaired) electrons. The number of aryl methyl sites for hydroxylation is 1.